The summed E-state index contributed by atoms with van der Waals surface area (Å²) in [4.78, 5) is 7.96. The van der Waals surface area contributed by atoms with E-state index in [0.717, 1.165) is 0 Å². The Balaban J connectivity index is 3.34. The summed E-state index contributed by atoms with van der Waals surface area (Å²) in [6.07, 6.45) is 1.45. The number of aromatic nitrogens is 3. The van der Waals surface area contributed by atoms with Gasteiger partial charge in [0.05, 0.1) is 6.20 Å². The molecule has 0 aromatic carbocycles. The van der Waals surface area contributed by atoms with Crippen LogP contribution in [0.4, 0.5) is 0 Å². The number of rotatable bonds is 0. The van der Waals surface area contributed by atoms with Gasteiger partial charge in [-0.1, -0.05) is 4.85 Å². The third-order valence-electron chi connectivity index (χ3n) is 0.856. The first-order valence-electron chi connectivity index (χ1n) is 2.48. The minimum atomic E-state index is 0.170. The van der Waals surface area contributed by atoms with E-state index in [0.29, 0.717) is 9.45 Å². The van der Waals surface area contributed by atoms with Gasteiger partial charge in [-0.25, -0.2) is 4.98 Å². The van der Waals surface area contributed by atoms with Crippen LogP contribution < -0.4 is 5.62 Å². The summed E-state index contributed by atoms with van der Waals surface area (Å²) in [7, 11) is 1.52. The molecule has 0 aliphatic carbocycles. The first kappa shape index (κ1) is 7.20. The Kier molecular flexibility index (Phi) is 2.00. The van der Waals surface area contributed by atoms with Crippen molar-refractivity contribution in [1.29, 1.82) is 0 Å². The van der Waals surface area contributed by atoms with Crippen LogP contribution in [-0.4, -0.2) is 27.2 Å². The molecule has 0 bridgehead atoms. The van der Waals surface area contributed by atoms with Gasteiger partial charge in [-0.3, -0.25) is 4.99 Å². The molecule has 0 aliphatic rings. The molecule has 0 fully saturated rings. The van der Waals surface area contributed by atoms with E-state index in [1.165, 1.54) is 13.2 Å². The average molecular weight is 205 g/mol. The van der Waals surface area contributed by atoms with Crippen LogP contribution in [0.2, 0.25) is 0 Å². The number of halogens is 1. The molecule has 5 nitrogen and oxygen atoms in total. The van der Waals surface area contributed by atoms with Gasteiger partial charge in [-0.05, 0) is 15.9 Å². The zero-order valence-corrected chi connectivity index (χ0v) is 6.78. The summed E-state index contributed by atoms with van der Waals surface area (Å²) < 4.78 is 0.461. The lowest BCUT2D eigenvalue weighted by Crippen LogP contribution is -2.24. The fourth-order valence-electron chi connectivity index (χ4n) is 0.471. The molecule has 1 rings (SSSR count). The SMILES string of the molecule is CN=c1ncc(Br)nn1O. The second-order valence-electron chi connectivity index (χ2n) is 1.49. The molecule has 1 aromatic rings. The van der Waals surface area contributed by atoms with E-state index in [1.807, 2.05) is 0 Å². The van der Waals surface area contributed by atoms with E-state index in [4.69, 9.17) is 5.21 Å². The standard InChI is InChI=1S/C4H5BrN4O/c1-6-4-7-2-3(5)8-9(4)10/h2,10H,1H3. The van der Waals surface area contributed by atoms with Crippen LogP contribution in [0.1, 0.15) is 0 Å². The van der Waals surface area contributed by atoms with Gasteiger partial charge in [0.1, 0.15) is 4.60 Å². The van der Waals surface area contributed by atoms with Gasteiger partial charge in [-0.15, -0.1) is 5.10 Å². The van der Waals surface area contributed by atoms with Gasteiger partial charge >= 0.3 is 0 Å². The molecule has 1 heterocycles. The molecule has 6 heteroatoms. The van der Waals surface area contributed by atoms with E-state index in [2.05, 4.69) is 31.0 Å². The number of hydrogen-bond donors (Lipinski definition) is 1. The maximum atomic E-state index is 8.91. The molecule has 54 valence electrons. The predicted octanol–water partition coefficient (Wildman–Crippen LogP) is -0.192. The van der Waals surface area contributed by atoms with Gasteiger partial charge in [0, 0.05) is 7.05 Å². The Morgan fingerprint density at radius 3 is 3.00 bits per heavy atom. The zero-order chi connectivity index (χ0) is 7.56. The van der Waals surface area contributed by atoms with E-state index in [-0.39, 0.29) is 5.62 Å². The summed E-state index contributed by atoms with van der Waals surface area (Å²) in [6.45, 7) is 0. The van der Waals surface area contributed by atoms with Crippen LogP contribution in [0, 0.1) is 0 Å². The fourth-order valence-corrected chi connectivity index (χ4v) is 0.723. The largest absolute Gasteiger partial charge is 0.409 e. The highest BCUT2D eigenvalue weighted by atomic mass is 79.9. The van der Waals surface area contributed by atoms with Gasteiger partial charge in [0.25, 0.3) is 5.62 Å². The van der Waals surface area contributed by atoms with Crippen LogP contribution in [0.25, 0.3) is 0 Å². The van der Waals surface area contributed by atoms with Crippen molar-refractivity contribution in [2.75, 3.05) is 7.05 Å². The van der Waals surface area contributed by atoms with Crippen LogP contribution in [0.5, 0.6) is 0 Å². The molecule has 0 amide bonds. The van der Waals surface area contributed by atoms with Crippen LogP contribution in [0.3, 0.4) is 0 Å². The molecule has 0 atom stereocenters. The topological polar surface area (TPSA) is 63.3 Å². The average Bonchev–Trinajstić information content (AvgIpc) is 1.88. The lowest BCUT2D eigenvalue weighted by molar-refractivity contribution is 0.124. The van der Waals surface area contributed by atoms with Crippen molar-refractivity contribution in [2.45, 2.75) is 0 Å². The summed E-state index contributed by atoms with van der Waals surface area (Å²) in [5, 5.41) is 12.5. The van der Waals surface area contributed by atoms with E-state index in [1.54, 1.807) is 0 Å². The van der Waals surface area contributed by atoms with E-state index in [9.17, 15) is 0 Å². The Morgan fingerprint density at radius 2 is 2.50 bits per heavy atom. The molecule has 0 saturated heterocycles. The summed E-state index contributed by atoms with van der Waals surface area (Å²) >= 11 is 3.03. The lowest BCUT2D eigenvalue weighted by atomic mass is 10.9. The Labute approximate surface area is 65.1 Å². The van der Waals surface area contributed by atoms with Gasteiger partial charge in [0.2, 0.25) is 0 Å². The molecule has 0 aliphatic heterocycles. The second kappa shape index (κ2) is 2.78. The van der Waals surface area contributed by atoms with Crippen molar-refractivity contribution in [3.05, 3.63) is 16.4 Å². The highest BCUT2D eigenvalue weighted by molar-refractivity contribution is 9.10. The minimum Gasteiger partial charge on any atom is -0.409 e. The van der Waals surface area contributed by atoms with Crippen LogP contribution in [0.15, 0.2) is 15.8 Å². The maximum Gasteiger partial charge on any atom is 0.279 e. The van der Waals surface area contributed by atoms with Crippen molar-refractivity contribution in [3.63, 3.8) is 0 Å². The lowest BCUT2D eigenvalue weighted by Gasteiger charge is -1.93. The fraction of sp³-hybridized carbons (Fsp3) is 0.250. The molecule has 1 N–H and O–H groups in total. The second-order valence-corrected chi connectivity index (χ2v) is 2.31. The first-order valence-corrected chi connectivity index (χ1v) is 3.27. The number of hydrogen-bond acceptors (Lipinski definition) is 4. The Morgan fingerprint density at radius 1 is 1.80 bits per heavy atom. The summed E-state index contributed by atoms with van der Waals surface area (Å²) in [6, 6.07) is 0. The third-order valence-corrected chi connectivity index (χ3v) is 1.22. The normalized spacial score (nSPS) is 12.0. The minimum absolute atomic E-state index is 0.170. The van der Waals surface area contributed by atoms with E-state index >= 15 is 0 Å². The molecule has 0 radical (unpaired) electrons. The van der Waals surface area contributed by atoms with E-state index < -0.39 is 0 Å². The molecular formula is C4H5BrN4O. The highest BCUT2D eigenvalue weighted by Gasteiger charge is 1.91. The highest BCUT2D eigenvalue weighted by Crippen LogP contribution is 1.96. The van der Waals surface area contributed by atoms with Crippen molar-refractivity contribution >= 4 is 15.9 Å². The first-order chi connectivity index (χ1) is 4.74. The Hall–Kier alpha value is -0.910. The molecule has 1 aromatic heterocycles. The van der Waals surface area contributed by atoms with Crippen molar-refractivity contribution in [3.8, 4) is 0 Å². The summed E-state index contributed by atoms with van der Waals surface area (Å²) in [5.74, 6) is 0. The predicted molar refractivity (Wildman–Crippen MR) is 36.4 cm³/mol. The summed E-state index contributed by atoms with van der Waals surface area (Å²) in [5.41, 5.74) is 0.170. The van der Waals surface area contributed by atoms with Crippen LogP contribution in [-0.2, 0) is 0 Å². The van der Waals surface area contributed by atoms with Gasteiger partial charge in [0.15, 0.2) is 0 Å². The van der Waals surface area contributed by atoms with Crippen LogP contribution >= 0.6 is 15.9 Å². The van der Waals surface area contributed by atoms with Gasteiger partial charge in [-0.2, -0.15) is 0 Å². The van der Waals surface area contributed by atoms with Gasteiger partial charge < -0.3 is 5.21 Å². The molecular weight excluding hydrogens is 200 g/mol. The van der Waals surface area contributed by atoms with Crippen molar-refractivity contribution < 1.29 is 5.21 Å². The molecule has 0 saturated carbocycles. The van der Waals surface area contributed by atoms with Crippen molar-refractivity contribution in [1.82, 2.24) is 14.9 Å². The molecule has 0 spiro atoms. The molecule has 10 heavy (non-hydrogen) atoms. The third kappa shape index (κ3) is 1.32. The van der Waals surface area contributed by atoms with Crippen molar-refractivity contribution in [2.24, 2.45) is 4.99 Å². The maximum absolute atomic E-state index is 8.91. The smallest absolute Gasteiger partial charge is 0.279 e. The zero-order valence-electron chi connectivity index (χ0n) is 5.19. The Bertz CT molecular complexity index is 294. The monoisotopic (exact) mass is 204 g/mol. The quantitative estimate of drug-likeness (QED) is 0.597. The molecule has 0 unspecified atom stereocenters. The number of nitrogens with zero attached hydrogens (tertiary/aromatic N) is 4.